The van der Waals surface area contributed by atoms with Crippen molar-refractivity contribution in [2.24, 2.45) is 17.6 Å². The van der Waals surface area contributed by atoms with Crippen LogP contribution in [0.5, 0.6) is 0 Å². The molecule has 0 aliphatic carbocycles. The van der Waals surface area contributed by atoms with Crippen LogP contribution >= 0.6 is 0 Å². The van der Waals surface area contributed by atoms with E-state index < -0.39 is 0 Å². The lowest BCUT2D eigenvalue weighted by Crippen LogP contribution is -2.44. The summed E-state index contributed by atoms with van der Waals surface area (Å²) in [6.45, 7) is 6.73. The normalized spacial score (nSPS) is 12.4. The summed E-state index contributed by atoms with van der Waals surface area (Å²) in [7, 11) is 1.63. The molecule has 1 atom stereocenters. The summed E-state index contributed by atoms with van der Waals surface area (Å²) in [4.78, 5) is 24.7. The number of nitrogens with zero attached hydrogens (tertiary/aromatic N) is 1. The Morgan fingerprint density at radius 2 is 1.94 bits per heavy atom. The number of hydrogen-bond donors (Lipinski definition) is 2. The molecular formula is C11H23N3O2. The highest BCUT2D eigenvalue weighted by molar-refractivity contribution is 5.85. The van der Waals surface area contributed by atoms with Gasteiger partial charge in [-0.25, -0.2) is 0 Å². The summed E-state index contributed by atoms with van der Waals surface area (Å²) < 4.78 is 0. The first-order valence-electron chi connectivity index (χ1n) is 5.65. The number of carbonyl (C=O) groups is 2. The second-order valence-corrected chi connectivity index (χ2v) is 4.23. The summed E-state index contributed by atoms with van der Waals surface area (Å²) >= 11 is 0. The third-order valence-corrected chi connectivity index (χ3v) is 2.51. The fourth-order valence-corrected chi connectivity index (χ4v) is 1.49. The van der Waals surface area contributed by atoms with Crippen molar-refractivity contribution in [2.75, 3.05) is 26.7 Å². The lowest BCUT2D eigenvalue weighted by Gasteiger charge is -2.24. The quantitative estimate of drug-likeness (QED) is 0.663. The van der Waals surface area contributed by atoms with E-state index in [0.29, 0.717) is 13.1 Å². The number of rotatable bonds is 6. The monoisotopic (exact) mass is 229 g/mol. The number of carbonyl (C=O) groups excluding carboxylic acids is 2. The molecule has 0 heterocycles. The molecule has 2 amide bonds. The van der Waals surface area contributed by atoms with Gasteiger partial charge < -0.3 is 16.0 Å². The van der Waals surface area contributed by atoms with E-state index >= 15 is 0 Å². The lowest BCUT2D eigenvalue weighted by atomic mass is 9.94. The third-order valence-electron chi connectivity index (χ3n) is 2.51. The molecule has 0 bridgehead atoms. The van der Waals surface area contributed by atoms with E-state index in [0.717, 1.165) is 0 Å². The van der Waals surface area contributed by atoms with Gasteiger partial charge in [-0.15, -0.1) is 0 Å². The highest BCUT2D eigenvalue weighted by Gasteiger charge is 2.24. The van der Waals surface area contributed by atoms with Gasteiger partial charge in [0, 0.05) is 20.1 Å². The van der Waals surface area contributed by atoms with E-state index in [9.17, 15) is 9.59 Å². The minimum absolute atomic E-state index is 0.0660. The van der Waals surface area contributed by atoms with Crippen molar-refractivity contribution in [1.82, 2.24) is 10.2 Å². The average Bonchev–Trinajstić information content (AvgIpc) is 2.18. The van der Waals surface area contributed by atoms with Gasteiger partial charge >= 0.3 is 0 Å². The van der Waals surface area contributed by atoms with Gasteiger partial charge in [-0.2, -0.15) is 0 Å². The predicted molar refractivity (Wildman–Crippen MR) is 63.7 cm³/mol. The summed E-state index contributed by atoms with van der Waals surface area (Å²) in [6, 6.07) is 0. The van der Waals surface area contributed by atoms with Crippen LogP contribution in [0.25, 0.3) is 0 Å². The molecule has 0 saturated carbocycles. The Morgan fingerprint density at radius 3 is 2.31 bits per heavy atom. The zero-order valence-electron chi connectivity index (χ0n) is 10.6. The molecule has 1 unspecified atom stereocenters. The second-order valence-electron chi connectivity index (χ2n) is 4.23. The van der Waals surface area contributed by atoms with E-state index in [4.69, 9.17) is 5.73 Å². The van der Waals surface area contributed by atoms with Crippen LogP contribution in [0.4, 0.5) is 0 Å². The summed E-state index contributed by atoms with van der Waals surface area (Å²) in [5.74, 6) is -0.227. The minimum atomic E-state index is -0.209. The van der Waals surface area contributed by atoms with Gasteiger partial charge in [0.2, 0.25) is 11.8 Å². The van der Waals surface area contributed by atoms with Gasteiger partial charge in [-0.05, 0) is 12.8 Å². The van der Waals surface area contributed by atoms with Crippen LogP contribution in [0.15, 0.2) is 0 Å². The molecule has 0 rings (SSSR count). The minimum Gasteiger partial charge on any atom is -0.355 e. The molecule has 0 radical (unpaired) electrons. The van der Waals surface area contributed by atoms with Crippen LogP contribution in [0, 0.1) is 11.8 Å². The Labute approximate surface area is 97.4 Å². The van der Waals surface area contributed by atoms with Crippen molar-refractivity contribution < 1.29 is 9.59 Å². The van der Waals surface area contributed by atoms with Crippen LogP contribution in [-0.4, -0.2) is 43.4 Å². The molecule has 5 nitrogen and oxygen atoms in total. The van der Waals surface area contributed by atoms with Crippen LogP contribution in [0.3, 0.4) is 0 Å². The van der Waals surface area contributed by atoms with Crippen molar-refractivity contribution in [3.05, 3.63) is 0 Å². The molecule has 0 spiro atoms. The number of likely N-dealkylation sites (N-methyl/N-ethyl adjacent to an activating group) is 2. The summed E-state index contributed by atoms with van der Waals surface area (Å²) in [6.07, 6.45) is 0. The first kappa shape index (κ1) is 14.9. The van der Waals surface area contributed by atoms with Crippen molar-refractivity contribution >= 4 is 11.8 Å². The van der Waals surface area contributed by atoms with E-state index in [1.165, 1.54) is 4.90 Å². The van der Waals surface area contributed by atoms with Gasteiger partial charge in [-0.1, -0.05) is 13.8 Å². The maximum absolute atomic E-state index is 11.9. The zero-order chi connectivity index (χ0) is 12.7. The Morgan fingerprint density at radius 1 is 1.38 bits per heavy atom. The molecule has 5 heteroatoms. The molecule has 16 heavy (non-hydrogen) atoms. The van der Waals surface area contributed by atoms with Crippen LogP contribution in [0.2, 0.25) is 0 Å². The topological polar surface area (TPSA) is 75.4 Å². The largest absolute Gasteiger partial charge is 0.355 e. The highest BCUT2D eigenvalue weighted by atomic mass is 16.2. The van der Waals surface area contributed by atoms with E-state index in [2.05, 4.69) is 5.32 Å². The molecule has 0 aliphatic heterocycles. The second kappa shape index (κ2) is 7.22. The fourth-order valence-electron chi connectivity index (χ4n) is 1.49. The van der Waals surface area contributed by atoms with Gasteiger partial charge in [0.05, 0.1) is 12.5 Å². The molecule has 0 saturated heterocycles. The molecule has 0 aromatic rings. The van der Waals surface area contributed by atoms with E-state index in [1.54, 1.807) is 7.05 Å². The molecule has 94 valence electrons. The zero-order valence-corrected chi connectivity index (χ0v) is 10.6. The molecule has 0 aliphatic rings. The van der Waals surface area contributed by atoms with E-state index in [1.807, 2.05) is 20.8 Å². The standard InChI is InChI=1S/C11H23N3O2/c1-5-13-10(15)7-14(4)11(16)9(6-12)8(2)3/h8-9H,5-7,12H2,1-4H3,(H,13,15). The number of nitrogens with two attached hydrogens (primary N) is 1. The Bertz CT molecular complexity index is 241. The lowest BCUT2D eigenvalue weighted by molar-refractivity contribution is -0.138. The van der Waals surface area contributed by atoms with Crippen molar-refractivity contribution in [2.45, 2.75) is 20.8 Å². The number of nitrogens with one attached hydrogen (secondary N) is 1. The van der Waals surface area contributed by atoms with Crippen LogP contribution in [-0.2, 0) is 9.59 Å². The van der Waals surface area contributed by atoms with Gasteiger partial charge in [0.15, 0.2) is 0 Å². The Balaban J connectivity index is 4.31. The third kappa shape index (κ3) is 4.61. The summed E-state index contributed by atoms with van der Waals surface area (Å²) in [5.41, 5.74) is 5.55. The summed E-state index contributed by atoms with van der Waals surface area (Å²) in [5, 5.41) is 2.65. The highest BCUT2D eigenvalue weighted by Crippen LogP contribution is 2.11. The predicted octanol–water partition coefficient (Wildman–Crippen LogP) is -0.188. The van der Waals surface area contributed by atoms with Crippen LogP contribution in [0.1, 0.15) is 20.8 Å². The van der Waals surface area contributed by atoms with Gasteiger partial charge in [0.1, 0.15) is 0 Å². The van der Waals surface area contributed by atoms with Gasteiger partial charge in [-0.3, -0.25) is 9.59 Å². The van der Waals surface area contributed by atoms with Gasteiger partial charge in [0.25, 0.3) is 0 Å². The average molecular weight is 229 g/mol. The van der Waals surface area contributed by atoms with Crippen molar-refractivity contribution in [3.8, 4) is 0 Å². The molecule has 0 aromatic heterocycles. The number of hydrogen-bond acceptors (Lipinski definition) is 3. The Kier molecular flexibility index (Phi) is 6.72. The maximum Gasteiger partial charge on any atom is 0.239 e. The maximum atomic E-state index is 11.9. The van der Waals surface area contributed by atoms with E-state index in [-0.39, 0.29) is 30.2 Å². The van der Waals surface area contributed by atoms with Crippen molar-refractivity contribution in [3.63, 3.8) is 0 Å². The fraction of sp³-hybridized carbons (Fsp3) is 0.818. The smallest absolute Gasteiger partial charge is 0.239 e. The Hall–Kier alpha value is -1.10. The van der Waals surface area contributed by atoms with Crippen LogP contribution < -0.4 is 11.1 Å². The number of amides is 2. The first-order chi connectivity index (χ1) is 7.43. The first-order valence-corrected chi connectivity index (χ1v) is 5.65. The molecule has 3 N–H and O–H groups in total. The molecule has 0 fully saturated rings. The SMILES string of the molecule is CCNC(=O)CN(C)C(=O)C(CN)C(C)C. The van der Waals surface area contributed by atoms with Crippen molar-refractivity contribution in [1.29, 1.82) is 0 Å². The molecular weight excluding hydrogens is 206 g/mol. The molecule has 0 aromatic carbocycles.